The summed E-state index contributed by atoms with van der Waals surface area (Å²) in [7, 11) is 1.73. The van der Waals surface area contributed by atoms with Gasteiger partial charge < -0.3 is 15.5 Å². The Morgan fingerprint density at radius 1 is 1.40 bits per heavy atom. The van der Waals surface area contributed by atoms with Gasteiger partial charge in [0.15, 0.2) is 5.96 Å². The molecule has 1 aliphatic carbocycles. The number of nitrogens with one attached hydrogen (secondary N) is 2. The number of carbonyl (C=O) groups is 1. The molecule has 106 valence electrons. The second kappa shape index (κ2) is 5.53. The van der Waals surface area contributed by atoms with Crippen molar-refractivity contribution < 1.29 is 4.79 Å². The molecule has 1 aliphatic heterocycles. The maximum atomic E-state index is 12.3. The molecule has 0 aromatic heterocycles. The highest BCUT2D eigenvalue weighted by Crippen LogP contribution is 2.27. The van der Waals surface area contributed by atoms with Crippen LogP contribution in [0.2, 0.25) is 0 Å². The molecule has 5 nitrogen and oxygen atoms in total. The first kappa shape index (κ1) is 13.0. The third-order valence-electron chi connectivity index (χ3n) is 3.74. The Balaban J connectivity index is 1.57. The summed E-state index contributed by atoms with van der Waals surface area (Å²) in [5.74, 6) is 0.807. The van der Waals surface area contributed by atoms with Gasteiger partial charge in [0.2, 0.25) is 5.91 Å². The fraction of sp³-hybridized carbons (Fsp3) is 0.467. The smallest absolute Gasteiger partial charge is 0.246 e. The van der Waals surface area contributed by atoms with Gasteiger partial charge in [0.1, 0.15) is 0 Å². The Hall–Kier alpha value is -2.04. The van der Waals surface area contributed by atoms with Gasteiger partial charge in [-0.1, -0.05) is 18.2 Å². The van der Waals surface area contributed by atoms with E-state index >= 15 is 0 Å². The Morgan fingerprint density at radius 3 is 2.95 bits per heavy atom. The molecule has 0 bridgehead atoms. The first-order valence-corrected chi connectivity index (χ1v) is 7.13. The van der Waals surface area contributed by atoms with E-state index in [0.29, 0.717) is 12.0 Å². The van der Waals surface area contributed by atoms with Gasteiger partial charge in [0.05, 0.1) is 6.54 Å². The number of guanidine groups is 1. The number of anilines is 1. The van der Waals surface area contributed by atoms with Gasteiger partial charge in [-0.15, -0.1) is 0 Å². The van der Waals surface area contributed by atoms with Crippen LogP contribution < -0.4 is 15.5 Å². The van der Waals surface area contributed by atoms with E-state index in [0.717, 1.165) is 18.7 Å². The lowest BCUT2D eigenvalue weighted by molar-refractivity contribution is -0.117. The molecule has 1 amide bonds. The number of rotatable bonds is 3. The Labute approximate surface area is 119 Å². The van der Waals surface area contributed by atoms with Crippen LogP contribution in [-0.4, -0.2) is 38.0 Å². The van der Waals surface area contributed by atoms with Crippen LogP contribution in [0.15, 0.2) is 29.3 Å². The minimum Gasteiger partial charge on any atom is -0.354 e. The molecule has 0 unspecified atom stereocenters. The van der Waals surface area contributed by atoms with Crippen molar-refractivity contribution in [2.45, 2.75) is 25.3 Å². The SMILES string of the molecule is CN=C(NCC(=O)N1CCc2ccccc21)NC1CC1. The molecule has 20 heavy (non-hydrogen) atoms. The number of benzene rings is 1. The predicted octanol–water partition coefficient (Wildman–Crippen LogP) is 0.903. The van der Waals surface area contributed by atoms with Gasteiger partial charge >= 0.3 is 0 Å². The number of fused-ring (bicyclic) bond motifs is 1. The van der Waals surface area contributed by atoms with E-state index < -0.39 is 0 Å². The van der Waals surface area contributed by atoms with Crippen molar-refractivity contribution in [1.29, 1.82) is 0 Å². The van der Waals surface area contributed by atoms with E-state index in [4.69, 9.17) is 0 Å². The molecule has 1 fully saturated rings. The number of nitrogens with zero attached hydrogens (tertiary/aromatic N) is 2. The summed E-state index contributed by atoms with van der Waals surface area (Å²) in [6.45, 7) is 1.05. The summed E-state index contributed by atoms with van der Waals surface area (Å²) in [4.78, 5) is 18.3. The summed E-state index contributed by atoms with van der Waals surface area (Å²) in [6.07, 6.45) is 3.32. The van der Waals surface area contributed by atoms with Crippen molar-refractivity contribution in [3.63, 3.8) is 0 Å². The molecule has 5 heteroatoms. The maximum Gasteiger partial charge on any atom is 0.246 e. The van der Waals surface area contributed by atoms with E-state index in [2.05, 4.69) is 21.7 Å². The normalized spacial score (nSPS) is 17.9. The second-order valence-corrected chi connectivity index (χ2v) is 5.27. The van der Waals surface area contributed by atoms with Crippen molar-refractivity contribution in [3.8, 4) is 0 Å². The average molecular weight is 272 g/mol. The molecular formula is C15H20N4O. The van der Waals surface area contributed by atoms with Crippen molar-refractivity contribution >= 4 is 17.6 Å². The molecule has 1 saturated carbocycles. The second-order valence-electron chi connectivity index (χ2n) is 5.27. The molecule has 2 aliphatic rings. The van der Waals surface area contributed by atoms with Crippen LogP contribution in [0.1, 0.15) is 18.4 Å². The first-order chi connectivity index (χ1) is 9.78. The van der Waals surface area contributed by atoms with E-state index in [1.165, 1.54) is 18.4 Å². The van der Waals surface area contributed by atoms with Gasteiger partial charge in [-0.2, -0.15) is 0 Å². The largest absolute Gasteiger partial charge is 0.354 e. The van der Waals surface area contributed by atoms with Gasteiger partial charge in [-0.3, -0.25) is 9.79 Å². The van der Waals surface area contributed by atoms with Crippen LogP contribution in [0.5, 0.6) is 0 Å². The number of hydrogen-bond donors (Lipinski definition) is 2. The van der Waals surface area contributed by atoms with Crippen LogP contribution in [0.25, 0.3) is 0 Å². The lowest BCUT2D eigenvalue weighted by atomic mass is 10.2. The maximum absolute atomic E-state index is 12.3. The third-order valence-corrected chi connectivity index (χ3v) is 3.74. The van der Waals surface area contributed by atoms with Gasteiger partial charge in [-0.25, -0.2) is 0 Å². The van der Waals surface area contributed by atoms with Crippen LogP contribution in [-0.2, 0) is 11.2 Å². The third kappa shape index (κ3) is 2.76. The molecule has 2 N–H and O–H groups in total. The number of amides is 1. The highest BCUT2D eigenvalue weighted by Gasteiger charge is 2.25. The van der Waals surface area contributed by atoms with Crippen molar-refractivity contribution in [1.82, 2.24) is 10.6 Å². The van der Waals surface area contributed by atoms with Crippen LogP contribution >= 0.6 is 0 Å². The Morgan fingerprint density at radius 2 is 2.20 bits per heavy atom. The zero-order chi connectivity index (χ0) is 13.9. The first-order valence-electron chi connectivity index (χ1n) is 7.13. The Kier molecular flexibility index (Phi) is 3.58. The number of para-hydroxylation sites is 1. The van der Waals surface area contributed by atoms with Crippen LogP contribution in [0.4, 0.5) is 5.69 Å². The summed E-state index contributed by atoms with van der Waals surface area (Å²) in [6, 6.07) is 8.63. The fourth-order valence-corrected chi connectivity index (χ4v) is 2.47. The molecule has 0 radical (unpaired) electrons. The average Bonchev–Trinajstić information content (AvgIpc) is 3.19. The van der Waals surface area contributed by atoms with E-state index in [-0.39, 0.29) is 12.5 Å². The zero-order valence-corrected chi connectivity index (χ0v) is 11.7. The molecule has 1 aromatic carbocycles. The number of hydrogen-bond acceptors (Lipinski definition) is 2. The minimum atomic E-state index is 0.0914. The zero-order valence-electron chi connectivity index (χ0n) is 11.7. The van der Waals surface area contributed by atoms with Crippen molar-refractivity contribution in [2.75, 3.05) is 25.0 Å². The van der Waals surface area contributed by atoms with Gasteiger partial charge in [0.25, 0.3) is 0 Å². The standard InChI is InChI=1S/C15H20N4O/c1-16-15(18-12-6-7-12)17-10-14(20)19-9-8-11-4-2-3-5-13(11)19/h2-5,12H,6-10H2,1H3,(H2,16,17,18). The lowest BCUT2D eigenvalue weighted by Crippen LogP contribution is -2.45. The fourth-order valence-electron chi connectivity index (χ4n) is 2.47. The highest BCUT2D eigenvalue weighted by atomic mass is 16.2. The van der Waals surface area contributed by atoms with Gasteiger partial charge in [0, 0.05) is 25.3 Å². The Bertz CT molecular complexity index is 536. The molecule has 0 spiro atoms. The monoisotopic (exact) mass is 272 g/mol. The molecule has 0 atom stereocenters. The number of carbonyl (C=O) groups excluding carboxylic acids is 1. The molecule has 1 aromatic rings. The number of aliphatic imine (C=N–C) groups is 1. The summed E-state index contributed by atoms with van der Waals surface area (Å²) >= 11 is 0. The molecule has 3 rings (SSSR count). The van der Waals surface area contributed by atoms with Crippen molar-refractivity contribution in [3.05, 3.63) is 29.8 Å². The molecule has 1 heterocycles. The quantitative estimate of drug-likeness (QED) is 0.635. The van der Waals surface area contributed by atoms with Crippen LogP contribution in [0, 0.1) is 0 Å². The van der Waals surface area contributed by atoms with E-state index in [1.54, 1.807) is 7.05 Å². The summed E-state index contributed by atoms with van der Waals surface area (Å²) < 4.78 is 0. The van der Waals surface area contributed by atoms with Gasteiger partial charge in [-0.05, 0) is 30.9 Å². The predicted molar refractivity (Wildman–Crippen MR) is 80.0 cm³/mol. The summed E-state index contributed by atoms with van der Waals surface area (Å²) in [5.41, 5.74) is 2.30. The topological polar surface area (TPSA) is 56.7 Å². The summed E-state index contributed by atoms with van der Waals surface area (Å²) in [5, 5.41) is 6.37. The van der Waals surface area contributed by atoms with E-state index in [9.17, 15) is 4.79 Å². The van der Waals surface area contributed by atoms with E-state index in [1.807, 2.05) is 23.1 Å². The highest BCUT2D eigenvalue weighted by molar-refractivity contribution is 5.98. The molecule has 0 saturated heterocycles. The molecular weight excluding hydrogens is 252 g/mol. The van der Waals surface area contributed by atoms with Crippen molar-refractivity contribution in [2.24, 2.45) is 4.99 Å². The lowest BCUT2D eigenvalue weighted by Gasteiger charge is -2.18. The van der Waals surface area contributed by atoms with Crippen LogP contribution in [0.3, 0.4) is 0 Å². The minimum absolute atomic E-state index is 0.0914.